The summed E-state index contributed by atoms with van der Waals surface area (Å²) < 4.78 is 4.52. The van der Waals surface area contributed by atoms with Crippen molar-refractivity contribution in [2.24, 2.45) is 0 Å². The standard InChI is InChI=1S/C11H15NO3S/c1-8-6-16-7-9(8)11(14)12(2)5-4-10(13)15-3/h6-7H,4-5H2,1-3H3. The summed E-state index contributed by atoms with van der Waals surface area (Å²) in [4.78, 5) is 24.4. The second-order valence-electron chi connectivity index (χ2n) is 3.52. The fourth-order valence-electron chi connectivity index (χ4n) is 1.25. The summed E-state index contributed by atoms with van der Waals surface area (Å²) in [6.07, 6.45) is 0.224. The van der Waals surface area contributed by atoms with Crippen LogP contribution in [0, 0.1) is 6.92 Å². The molecule has 4 nitrogen and oxygen atoms in total. The third-order valence-electron chi connectivity index (χ3n) is 2.31. The van der Waals surface area contributed by atoms with E-state index in [1.54, 1.807) is 7.05 Å². The average Bonchev–Trinajstić information content (AvgIpc) is 2.70. The first kappa shape index (κ1) is 12.7. The van der Waals surface area contributed by atoms with Gasteiger partial charge in [-0.25, -0.2) is 0 Å². The number of amides is 1. The topological polar surface area (TPSA) is 46.6 Å². The lowest BCUT2D eigenvalue weighted by Crippen LogP contribution is -2.29. The van der Waals surface area contributed by atoms with Crippen molar-refractivity contribution in [1.29, 1.82) is 0 Å². The van der Waals surface area contributed by atoms with Gasteiger partial charge in [0.05, 0.1) is 19.1 Å². The molecular weight excluding hydrogens is 226 g/mol. The van der Waals surface area contributed by atoms with Crippen LogP contribution in [0.1, 0.15) is 22.3 Å². The second kappa shape index (κ2) is 5.65. The highest BCUT2D eigenvalue weighted by atomic mass is 32.1. The minimum atomic E-state index is -0.304. The Kier molecular flexibility index (Phi) is 4.49. The highest BCUT2D eigenvalue weighted by molar-refractivity contribution is 7.08. The zero-order chi connectivity index (χ0) is 12.1. The molecule has 0 aliphatic heterocycles. The van der Waals surface area contributed by atoms with Crippen molar-refractivity contribution < 1.29 is 14.3 Å². The number of nitrogens with zero attached hydrogens (tertiary/aromatic N) is 1. The van der Waals surface area contributed by atoms with E-state index in [4.69, 9.17) is 0 Å². The predicted molar refractivity (Wildman–Crippen MR) is 62.6 cm³/mol. The zero-order valence-electron chi connectivity index (χ0n) is 9.65. The van der Waals surface area contributed by atoms with Gasteiger partial charge in [-0.1, -0.05) is 0 Å². The van der Waals surface area contributed by atoms with E-state index in [0.29, 0.717) is 12.1 Å². The smallest absolute Gasteiger partial charge is 0.307 e. The molecule has 0 aliphatic carbocycles. The quantitative estimate of drug-likeness (QED) is 0.754. The van der Waals surface area contributed by atoms with Crippen molar-refractivity contribution in [3.8, 4) is 0 Å². The number of esters is 1. The van der Waals surface area contributed by atoms with E-state index >= 15 is 0 Å². The molecule has 0 fully saturated rings. The summed E-state index contributed by atoms with van der Waals surface area (Å²) in [5, 5.41) is 3.76. The summed E-state index contributed by atoms with van der Waals surface area (Å²) >= 11 is 1.50. The van der Waals surface area contributed by atoms with Gasteiger partial charge in [-0.05, 0) is 17.9 Å². The van der Waals surface area contributed by atoms with E-state index in [9.17, 15) is 9.59 Å². The molecular formula is C11H15NO3S. The number of carbonyl (C=O) groups is 2. The van der Waals surface area contributed by atoms with E-state index in [1.807, 2.05) is 17.7 Å². The van der Waals surface area contributed by atoms with Crippen LogP contribution < -0.4 is 0 Å². The molecule has 0 radical (unpaired) electrons. The Morgan fingerprint density at radius 3 is 2.62 bits per heavy atom. The molecule has 1 amide bonds. The zero-order valence-corrected chi connectivity index (χ0v) is 10.5. The molecule has 0 spiro atoms. The number of hydrogen-bond donors (Lipinski definition) is 0. The van der Waals surface area contributed by atoms with Crippen molar-refractivity contribution in [3.05, 3.63) is 21.9 Å². The van der Waals surface area contributed by atoms with Gasteiger partial charge < -0.3 is 9.64 Å². The van der Waals surface area contributed by atoms with Gasteiger partial charge in [0.25, 0.3) is 5.91 Å². The van der Waals surface area contributed by atoms with Crippen LogP contribution in [0.15, 0.2) is 10.8 Å². The molecule has 0 saturated heterocycles. The monoisotopic (exact) mass is 241 g/mol. The van der Waals surface area contributed by atoms with Crippen LogP contribution in [0.4, 0.5) is 0 Å². The van der Waals surface area contributed by atoms with Crippen LogP contribution in [0.25, 0.3) is 0 Å². The lowest BCUT2D eigenvalue weighted by atomic mass is 10.2. The lowest BCUT2D eigenvalue weighted by Gasteiger charge is -2.16. The van der Waals surface area contributed by atoms with Crippen LogP contribution in [0.3, 0.4) is 0 Å². The lowest BCUT2D eigenvalue weighted by molar-refractivity contribution is -0.140. The molecule has 5 heteroatoms. The van der Waals surface area contributed by atoms with E-state index in [1.165, 1.54) is 23.3 Å². The maximum absolute atomic E-state index is 11.9. The predicted octanol–water partition coefficient (Wildman–Crippen LogP) is 1.69. The number of methoxy groups -OCH3 is 1. The summed E-state index contributed by atoms with van der Waals surface area (Å²) in [5.41, 5.74) is 1.68. The number of rotatable bonds is 4. The fourth-order valence-corrected chi connectivity index (χ4v) is 2.07. The van der Waals surface area contributed by atoms with Crippen LogP contribution >= 0.6 is 11.3 Å². The van der Waals surface area contributed by atoms with E-state index in [2.05, 4.69) is 4.74 Å². The molecule has 0 atom stereocenters. The maximum atomic E-state index is 11.9. The molecule has 0 N–H and O–H groups in total. The SMILES string of the molecule is COC(=O)CCN(C)C(=O)c1cscc1C. The summed E-state index contributed by atoms with van der Waals surface area (Å²) in [5.74, 6) is -0.357. The number of hydrogen-bond acceptors (Lipinski definition) is 4. The molecule has 88 valence electrons. The Hall–Kier alpha value is -1.36. The number of thiophene rings is 1. The molecule has 0 unspecified atom stereocenters. The van der Waals surface area contributed by atoms with Crippen LogP contribution in [-0.4, -0.2) is 37.5 Å². The molecule has 1 aromatic rings. The van der Waals surface area contributed by atoms with Crippen molar-refractivity contribution in [2.45, 2.75) is 13.3 Å². The molecule has 0 aliphatic rings. The minimum Gasteiger partial charge on any atom is -0.469 e. The van der Waals surface area contributed by atoms with Crippen molar-refractivity contribution >= 4 is 23.2 Å². The van der Waals surface area contributed by atoms with Crippen molar-refractivity contribution in [2.75, 3.05) is 20.7 Å². The first-order chi connectivity index (χ1) is 7.56. The third-order valence-corrected chi connectivity index (χ3v) is 3.17. The van der Waals surface area contributed by atoms with Crippen molar-refractivity contribution in [3.63, 3.8) is 0 Å². The molecule has 0 bridgehead atoms. The highest BCUT2D eigenvalue weighted by Gasteiger charge is 2.15. The first-order valence-corrected chi connectivity index (χ1v) is 5.85. The summed E-state index contributed by atoms with van der Waals surface area (Å²) in [7, 11) is 3.02. The van der Waals surface area contributed by atoms with Gasteiger partial charge in [0.15, 0.2) is 0 Å². The van der Waals surface area contributed by atoms with Gasteiger partial charge in [0.2, 0.25) is 0 Å². The van der Waals surface area contributed by atoms with Crippen LogP contribution in [0.2, 0.25) is 0 Å². The van der Waals surface area contributed by atoms with Gasteiger partial charge >= 0.3 is 5.97 Å². The molecule has 0 saturated carbocycles. The Balaban J connectivity index is 2.55. The second-order valence-corrected chi connectivity index (χ2v) is 4.26. The first-order valence-electron chi connectivity index (χ1n) is 4.91. The number of ether oxygens (including phenoxy) is 1. The van der Waals surface area contributed by atoms with Gasteiger partial charge in [0, 0.05) is 19.0 Å². The largest absolute Gasteiger partial charge is 0.469 e. The Bertz CT molecular complexity index is 386. The van der Waals surface area contributed by atoms with Gasteiger partial charge in [-0.3, -0.25) is 9.59 Å². The van der Waals surface area contributed by atoms with Gasteiger partial charge in [-0.15, -0.1) is 0 Å². The van der Waals surface area contributed by atoms with E-state index < -0.39 is 0 Å². The normalized spacial score (nSPS) is 9.94. The maximum Gasteiger partial charge on any atom is 0.307 e. The molecule has 1 rings (SSSR count). The van der Waals surface area contributed by atoms with Crippen LogP contribution in [0.5, 0.6) is 0 Å². The molecule has 0 aromatic carbocycles. The van der Waals surface area contributed by atoms with E-state index in [-0.39, 0.29) is 18.3 Å². The summed E-state index contributed by atoms with van der Waals surface area (Å²) in [6.45, 7) is 2.28. The van der Waals surface area contributed by atoms with Gasteiger partial charge in [0.1, 0.15) is 0 Å². The molecule has 1 heterocycles. The van der Waals surface area contributed by atoms with E-state index in [0.717, 1.165) is 5.56 Å². The number of carbonyl (C=O) groups excluding carboxylic acids is 2. The molecule has 16 heavy (non-hydrogen) atoms. The average molecular weight is 241 g/mol. The highest BCUT2D eigenvalue weighted by Crippen LogP contribution is 2.15. The molecule has 1 aromatic heterocycles. The Labute approximate surface area is 98.8 Å². The summed E-state index contributed by atoms with van der Waals surface area (Å²) in [6, 6.07) is 0. The van der Waals surface area contributed by atoms with Crippen molar-refractivity contribution in [1.82, 2.24) is 4.90 Å². The Morgan fingerprint density at radius 1 is 1.44 bits per heavy atom. The Morgan fingerprint density at radius 2 is 2.12 bits per heavy atom. The van der Waals surface area contributed by atoms with Gasteiger partial charge in [-0.2, -0.15) is 11.3 Å². The van der Waals surface area contributed by atoms with Crippen LogP contribution in [-0.2, 0) is 9.53 Å². The third kappa shape index (κ3) is 3.06. The number of aryl methyl sites for hydroxylation is 1. The minimum absolute atomic E-state index is 0.0531. The fraction of sp³-hybridized carbons (Fsp3) is 0.455.